The molecule has 0 amide bonds. The van der Waals surface area contributed by atoms with Crippen LogP contribution in [0.5, 0.6) is 11.5 Å². The van der Waals surface area contributed by atoms with Gasteiger partial charge in [-0.3, -0.25) is 4.79 Å². The summed E-state index contributed by atoms with van der Waals surface area (Å²) in [6, 6.07) is 12.5. The highest BCUT2D eigenvalue weighted by Crippen LogP contribution is 2.45. The summed E-state index contributed by atoms with van der Waals surface area (Å²) in [6.07, 6.45) is 9.06. The van der Waals surface area contributed by atoms with E-state index in [2.05, 4.69) is 80.2 Å². The maximum atomic E-state index is 12.9. The minimum atomic E-state index is -0.136. The molecule has 0 spiro atoms. The minimum Gasteiger partial charge on any atom is -0.497 e. The van der Waals surface area contributed by atoms with Crippen molar-refractivity contribution in [2.75, 3.05) is 37.1 Å². The first kappa shape index (κ1) is 25.9. The van der Waals surface area contributed by atoms with E-state index in [-0.39, 0.29) is 16.6 Å². The number of hydrogen-bond donors (Lipinski definition) is 0. The van der Waals surface area contributed by atoms with Crippen LogP contribution >= 0.6 is 0 Å². The Morgan fingerprint density at radius 1 is 0.861 bits per heavy atom. The largest absolute Gasteiger partial charge is 0.497 e. The lowest BCUT2D eigenvalue weighted by Crippen LogP contribution is -2.35. The van der Waals surface area contributed by atoms with Gasteiger partial charge < -0.3 is 19.3 Å². The van der Waals surface area contributed by atoms with Crippen LogP contribution in [0.2, 0.25) is 0 Å². The van der Waals surface area contributed by atoms with Crippen LogP contribution in [0, 0.1) is 10.8 Å². The standard InChI is InChI=1S/C31H40N2O3/c1-8-29(34)26-21-33(18-15-31(26,4)5)28-12-10-23(36-7)20-25(28)24-19-22(35-6)9-11-27(24)32-16-13-30(2,3)14-17-32/h9-13,16,19-21H,8,14-15,17-18H2,1-7H3. The monoisotopic (exact) mass is 488 g/mol. The number of carbonyl (C=O) groups is 1. The van der Waals surface area contributed by atoms with Gasteiger partial charge in [-0.1, -0.05) is 40.7 Å². The zero-order chi connectivity index (χ0) is 26.1. The summed E-state index contributed by atoms with van der Waals surface area (Å²) in [4.78, 5) is 17.4. The Morgan fingerprint density at radius 2 is 1.42 bits per heavy atom. The quantitative estimate of drug-likeness (QED) is 0.412. The van der Waals surface area contributed by atoms with Gasteiger partial charge in [-0.15, -0.1) is 0 Å². The lowest BCUT2D eigenvalue weighted by Gasteiger charge is -2.38. The Labute approximate surface area is 216 Å². The fraction of sp³-hybridized carbons (Fsp3) is 0.452. The summed E-state index contributed by atoms with van der Waals surface area (Å²) >= 11 is 0. The molecule has 0 fully saturated rings. The Morgan fingerprint density at radius 3 is 1.92 bits per heavy atom. The molecule has 0 saturated heterocycles. The molecule has 2 aromatic carbocycles. The first-order chi connectivity index (χ1) is 17.1. The summed E-state index contributed by atoms with van der Waals surface area (Å²) in [7, 11) is 3.40. The first-order valence-electron chi connectivity index (χ1n) is 12.9. The molecule has 4 rings (SSSR count). The third kappa shape index (κ3) is 5.16. The van der Waals surface area contributed by atoms with Crippen molar-refractivity contribution in [1.82, 2.24) is 0 Å². The van der Waals surface area contributed by atoms with E-state index in [1.54, 1.807) is 14.2 Å². The molecule has 36 heavy (non-hydrogen) atoms. The Bertz CT molecular complexity index is 1190. The predicted octanol–water partition coefficient (Wildman–Crippen LogP) is 7.22. The van der Waals surface area contributed by atoms with Gasteiger partial charge in [-0.2, -0.15) is 0 Å². The van der Waals surface area contributed by atoms with Gasteiger partial charge in [-0.25, -0.2) is 0 Å². The Kier molecular flexibility index (Phi) is 7.21. The van der Waals surface area contributed by atoms with Crippen LogP contribution in [-0.2, 0) is 4.79 Å². The van der Waals surface area contributed by atoms with Crippen molar-refractivity contribution in [3.63, 3.8) is 0 Å². The summed E-state index contributed by atoms with van der Waals surface area (Å²) < 4.78 is 11.3. The lowest BCUT2D eigenvalue weighted by atomic mass is 9.76. The van der Waals surface area contributed by atoms with Crippen molar-refractivity contribution >= 4 is 17.2 Å². The highest BCUT2D eigenvalue weighted by atomic mass is 16.5. The van der Waals surface area contributed by atoms with Crippen LogP contribution in [0.1, 0.15) is 53.9 Å². The molecule has 0 aliphatic carbocycles. The number of hydrogen-bond acceptors (Lipinski definition) is 5. The second-order valence-corrected chi connectivity index (χ2v) is 11.2. The second kappa shape index (κ2) is 10.0. The molecule has 0 atom stereocenters. The van der Waals surface area contributed by atoms with Crippen LogP contribution < -0.4 is 19.3 Å². The van der Waals surface area contributed by atoms with E-state index >= 15 is 0 Å². The van der Waals surface area contributed by atoms with Crippen molar-refractivity contribution in [1.29, 1.82) is 0 Å². The number of nitrogens with zero attached hydrogens (tertiary/aromatic N) is 2. The zero-order valence-corrected chi connectivity index (χ0v) is 22.9. The van der Waals surface area contributed by atoms with Gasteiger partial charge in [0.1, 0.15) is 11.5 Å². The highest BCUT2D eigenvalue weighted by Gasteiger charge is 2.33. The smallest absolute Gasteiger partial charge is 0.160 e. The van der Waals surface area contributed by atoms with Gasteiger partial charge in [0.25, 0.3) is 0 Å². The van der Waals surface area contributed by atoms with Crippen LogP contribution in [-0.4, -0.2) is 33.1 Å². The molecule has 5 heteroatoms. The third-order valence-corrected chi connectivity index (χ3v) is 7.63. The topological polar surface area (TPSA) is 42.0 Å². The summed E-state index contributed by atoms with van der Waals surface area (Å²) in [6.45, 7) is 12.6. The fourth-order valence-electron chi connectivity index (χ4n) is 5.04. The third-order valence-electron chi connectivity index (χ3n) is 7.63. The van der Waals surface area contributed by atoms with Gasteiger partial charge in [0.15, 0.2) is 5.78 Å². The number of methoxy groups -OCH3 is 2. The SMILES string of the molecule is CCC(=O)C1=CN(c2ccc(OC)cc2-c2cc(OC)ccc2N2C=CC(C)(C)CC2)CCC1(C)C. The minimum absolute atomic E-state index is 0.136. The number of allylic oxidation sites excluding steroid dienone is 2. The number of anilines is 2. The van der Waals surface area contributed by atoms with Crippen molar-refractivity contribution in [3.05, 3.63) is 60.4 Å². The molecule has 0 bridgehead atoms. The molecular formula is C31H40N2O3. The number of benzene rings is 2. The average molecular weight is 489 g/mol. The van der Waals surface area contributed by atoms with Crippen molar-refractivity contribution in [2.45, 2.75) is 53.9 Å². The van der Waals surface area contributed by atoms with E-state index in [0.29, 0.717) is 6.42 Å². The van der Waals surface area contributed by atoms with Crippen LogP contribution in [0.25, 0.3) is 11.1 Å². The van der Waals surface area contributed by atoms with Gasteiger partial charge in [0.2, 0.25) is 0 Å². The number of ketones is 1. The van der Waals surface area contributed by atoms with E-state index in [1.165, 1.54) is 0 Å². The van der Waals surface area contributed by atoms with Gasteiger partial charge in [0, 0.05) is 60.0 Å². The Hall–Kier alpha value is -3.21. The molecule has 2 aliphatic heterocycles. The van der Waals surface area contributed by atoms with Gasteiger partial charge >= 0.3 is 0 Å². The molecule has 5 nitrogen and oxygen atoms in total. The van der Waals surface area contributed by atoms with E-state index in [1.807, 2.05) is 19.1 Å². The molecule has 0 unspecified atom stereocenters. The fourth-order valence-corrected chi connectivity index (χ4v) is 5.04. The number of rotatable bonds is 7. The molecule has 2 heterocycles. The van der Waals surface area contributed by atoms with Gasteiger partial charge in [-0.05, 0) is 60.1 Å². The maximum absolute atomic E-state index is 12.9. The number of ether oxygens (including phenoxy) is 2. The van der Waals surface area contributed by atoms with Gasteiger partial charge in [0.05, 0.1) is 14.2 Å². The molecule has 0 aromatic heterocycles. The van der Waals surface area contributed by atoms with Crippen molar-refractivity contribution in [2.24, 2.45) is 10.8 Å². The molecule has 0 saturated carbocycles. The average Bonchev–Trinajstić information content (AvgIpc) is 2.87. The Balaban J connectivity index is 1.89. The first-order valence-corrected chi connectivity index (χ1v) is 12.9. The molecular weight excluding hydrogens is 448 g/mol. The van der Waals surface area contributed by atoms with E-state index in [0.717, 1.165) is 65.5 Å². The molecule has 2 aliphatic rings. The summed E-state index contributed by atoms with van der Waals surface area (Å²) in [5.41, 5.74) is 5.27. The molecule has 0 radical (unpaired) electrons. The van der Waals surface area contributed by atoms with Crippen LogP contribution in [0.15, 0.2) is 60.4 Å². The number of carbonyl (C=O) groups excluding carboxylic acids is 1. The molecule has 2 aromatic rings. The van der Waals surface area contributed by atoms with Crippen LogP contribution in [0.4, 0.5) is 11.4 Å². The summed E-state index contributed by atoms with van der Waals surface area (Å²) in [5.74, 6) is 1.81. The number of Topliss-reactive ketones (excluding diaryl/α,β-unsaturated/α-hetero) is 1. The molecule has 0 N–H and O–H groups in total. The van der Waals surface area contributed by atoms with Crippen molar-refractivity contribution < 1.29 is 14.3 Å². The van der Waals surface area contributed by atoms with Crippen LogP contribution in [0.3, 0.4) is 0 Å². The lowest BCUT2D eigenvalue weighted by molar-refractivity contribution is -0.116. The van der Waals surface area contributed by atoms with Crippen molar-refractivity contribution in [3.8, 4) is 22.6 Å². The summed E-state index contributed by atoms with van der Waals surface area (Å²) in [5, 5.41) is 0. The zero-order valence-electron chi connectivity index (χ0n) is 22.9. The van der Waals surface area contributed by atoms with E-state index in [9.17, 15) is 4.79 Å². The normalized spacial score (nSPS) is 18.6. The predicted molar refractivity (Wildman–Crippen MR) is 149 cm³/mol. The molecule has 192 valence electrons. The maximum Gasteiger partial charge on any atom is 0.160 e. The van der Waals surface area contributed by atoms with E-state index in [4.69, 9.17) is 9.47 Å². The van der Waals surface area contributed by atoms with E-state index < -0.39 is 0 Å². The second-order valence-electron chi connectivity index (χ2n) is 11.2. The highest BCUT2D eigenvalue weighted by molar-refractivity contribution is 5.97.